The van der Waals surface area contributed by atoms with Gasteiger partial charge in [-0.15, -0.1) is 11.3 Å². The number of aromatic nitrogens is 3. The minimum atomic E-state index is 0.286. The molecule has 0 saturated carbocycles. The van der Waals surface area contributed by atoms with Gasteiger partial charge in [0.05, 0.1) is 6.04 Å². The summed E-state index contributed by atoms with van der Waals surface area (Å²) in [7, 11) is 0. The molecule has 80 valence electrons. The third-order valence-electron chi connectivity index (χ3n) is 2.18. The molecular formula is C10H14N4S. The first kappa shape index (κ1) is 10.3. The summed E-state index contributed by atoms with van der Waals surface area (Å²) in [6.45, 7) is 4.86. The summed E-state index contributed by atoms with van der Waals surface area (Å²) in [5.74, 6) is 0.953. The van der Waals surface area contributed by atoms with E-state index in [0.29, 0.717) is 0 Å². The van der Waals surface area contributed by atoms with Crippen LogP contribution in [0.3, 0.4) is 0 Å². The van der Waals surface area contributed by atoms with Crippen molar-refractivity contribution >= 4 is 11.3 Å². The van der Waals surface area contributed by atoms with E-state index in [0.717, 1.165) is 23.1 Å². The Labute approximate surface area is 92.8 Å². The second-order valence-electron chi connectivity index (χ2n) is 3.47. The molecule has 0 bridgehead atoms. The Hall–Kier alpha value is -1.20. The van der Waals surface area contributed by atoms with Crippen LogP contribution in [-0.2, 0) is 6.54 Å². The number of aryl methyl sites for hydroxylation is 1. The SMILES string of the molecule is Cc1ncc(CNC(C)c2nccs2)[nH]1. The molecule has 0 aliphatic carbocycles. The summed E-state index contributed by atoms with van der Waals surface area (Å²) in [5, 5.41) is 6.50. The number of nitrogens with one attached hydrogen (secondary N) is 2. The molecule has 0 radical (unpaired) electrons. The molecule has 1 unspecified atom stereocenters. The van der Waals surface area contributed by atoms with E-state index in [2.05, 4.69) is 27.2 Å². The number of hydrogen-bond acceptors (Lipinski definition) is 4. The molecule has 0 saturated heterocycles. The average molecular weight is 222 g/mol. The van der Waals surface area contributed by atoms with Gasteiger partial charge in [0.25, 0.3) is 0 Å². The zero-order valence-corrected chi connectivity index (χ0v) is 9.64. The Morgan fingerprint density at radius 3 is 3.00 bits per heavy atom. The van der Waals surface area contributed by atoms with Crippen molar-refractivity contribution < 1.29 is 0 Å². The zero-order chi connectivity index (χ0) is 10.7. The van der Waals surface area contributed by atoms with Crippen molar-refractivity contribution in [3.05, 3.63) is 34.3 Å². The van der Waals surface area contributed by atoms with Crippen LogP contribution in [0.2, 0.25) is 0 Å². The average Bonchev–Trinajstić information content (AvgIpc) is 2.84. The van der Waals surface area contributed by atoms with Crippen molar-refractivity contribution in [2.75, 3.05) is 0 Å². The summed E-state index contributed by atoms with van der Waals surface area (Å²) < 4.78 is 0. The number of H-pyrrole nitrogens is 1. The van der Waals surface area contributed by atoms with Crippen molar-refractivity contribution in [2.45, 2.75) is 26.4 Å². The van der Waals surface area contributed by atoms with Crippen LogP contribution in [0.5, 0.6) is 0 Å². The molecule has 0 spiro atoms. The van der Waals surface area contributed by atoms with Gasteiger partial charge in [0.2, 0.25) is 0 Å². The minimum absolute atomic E-state index is 0.286. The van der Waals surface area contributed by atoms with E-state index >= 15 is 0 Å². The Bertz CT molecular complexity index is 407. The van der Waals surface area contributed by atoms with Gasteiger partial charge in [-0.1, -0.05) is 0 Å². The number of aromatic amines is 1. The maximum Gasteiger partial charge on any atom is 0.109 e. The highest BCUT2D eigenvalue weighted by molar-refractivity contribution is 7.09. The fourth-order valence-corrected chi connectivity index (χ4v) is 2.03. The molecule has 2 heterocycles. The number of hydrogen-bond donors (Lipinski definition) is 2. The fourth-order valence-electron chi connectivity index (χ4n) is 1.36. The molecule has 0 aliphatic rings. The summed E-state index contributed by atoms with van der Waals surface area (Å²) in [5.41, 5.74) is 1.11. The van der Waals surface area contributed by atoms with Gasteiger partial charge < -0.3 is 10.3 Å². The Morgan fingerprint density at radius 1 is 1.53 bits per heavy atom. The van der Waals surface area contributed by atoms with E-state index in [1.54, 1.807) is 11.3 Å². The summed E-state index contributed by atoms with van der Waals surface area (Å²) in [4.78, 5) is 11.6. The summed E-state index contributed by atoms with van der Waals surface area (Å²) in [6.07, 6.45) is 3.69. The van der Waals surface area contributed by atoms with Crippen molar-refractivity contribution in [1.82, 2.24) is 20.3 Å². The van der Waals surface area contributed by atoms with Crippen molar-refractivity contribution in [1.29, 1.82) is 0 Å². The van der Waals surface area contributed by atoms with E-state index in [1.165, 1.54) is 0 Å². The molecular weight excluding hydrogens is 208 g/mol. The van der Waals surface area contributed by atoms with Crippen LogP contribution in [0.4, 0.5) is 0 Å². The highest BCUT2D eigenvalue weighted by Crippen LogP contribution is 2.14. The maximum atomic E-state index is 4.26. The zero-order valence-electron chi connectivity index (χ0n) is 8.82. The van der Waals surface area contributed by atoms with Crippen LogP contribution in [0, 0.1) is 6.92 Å². The van der Waals surface area contributed by atoms with E-state index in [-0.39, 0.29) is 6.04 Å². The third kappa shape index (κ3) is 2.64. The summed E-state index contributed by atoms with van der Waals surface area (Å²) >= 11 is 1.67. The van der Waals surface area contributed by atoms with Crippen LogP contribution in [0.15, 0.2) is 17.8 Å². The van der Waals surface area contributed by atoms with Gasteiger partial charge in [0, 0.05) is 30.0 Å². The number of imidazole rings is 1. The quantitative estimate of drug-likeness (QED) is 0.832. The van der Waals surface area contributed by atoms with Crippen molar-refractivity contribution in [3.63, 3.8) is 0 Å². The minimum Gasteiger partial charge on any atom is -0.345 e. The highest BCUT2D eigenvalue weighted by Gasteiger charge is 2.07. The van der Waals surface area contributed by atoms with Gasteiger partial charge in [-0.05, 0) is 13.8 Å². The first-order chi connectivity index (χ1) is 7.25. The second kappa shape index (κ2) is 4.55. The standard InChI is InChI=1S/C10H14N4S/c1-7(10-11-3-4-15-10)12-5-9-6-13-8(2)14-9/h3-4,6-7,12H,5H2,1-2H3,(H,13,14). The van der Waals surface area contributed by atoms with Crippen molar-refractivity contribution in [3.8, 4) is 0 Å². The molecule has 0 amide bonds. The first-order valence-corrected chi connectivity index (χ1v) is 5.77. The molecule has 4 nitrogen and oxygen atoms in total. The van der Waals surface area contributed by atoms with Gasteiger partial charge in [0.15, 0.2) is 0 Å². The smallest absolute Gasteiger partial charge is 0.109 e. The number of thiazole rings is 1. The largest absolute Gasteiger partial charge is 0.345 e. The third-order valence-corrected chi connectivity index (χ3v) is 3.13. The van der Waals surface area contributed by atoms with Gasteiger partial charge in [-0.3, -0.25) is 0 Å². The second-order valence-corrected chi connectivity index (χ2v) is 4.39. The monoisotopic (exact) mass is 222 g/mol. The molecule has 15 heavy (non-hydrogen) atoms. The van der Waals surface area contributed by atoms with Gasteiger partial charge >= 0.3 is 0 Å². The molecule has 0 aliphatic heterocycles. The van der Waals surface area contributed by atoms with Crippen LogP contribution < -0.4 is 5.32 Å². The van der Waals surface area contributed by atoms with Gasteiger partial charge in [0.1, 0.15) is 10.8 Å². The Balaban J connectivity index is 1.88. The molecule has 0 fully saturated rings. The van der Waals surface area contributed by atoms with Crippen LogP contribution in [-0.4, -0.2) is 15.0 Å². The first-order valence-electron chi connectivity index (χ1n) is 4.89. The van der Waals surface area contributed by atoms with E-state index in [9.17, 15) is 0 Å². The van der Waals surface area contributed by atoms with Crippen LogP contribution >= 0.6 is 11.3 Å². The van der Waals surface area contributed by atoms with Crippen LogP contribution in [0.25, 0.3) is 0 Å². The Morgan fingerprint density at radius 2 is 2.40 bits per heavy atom. The van der Waals surface area contributed by atoms with Gasteiger partial charge in [-0.25, -0.2) is 9.97 Å². The topological polar surface area (TPSA) is 53.6 Å². The normalized spacial score (nSPS) is 12.9. The molecule has 0 aromatic carbocycles. The lowest BCUT2D eigenvalue weighted by Gasteiger charge is -2.09. The molecule has 1 atom stereocenters. The maximum absolute atomic E-state index is 4.26. The number of nitrogens with zero attached hydrogens (tertiary/aromatic N) is 2. The molecule has 2 N–H and O–H groups in total. The lowest BCUT2D eigenvalue weighted by atomic mass is 10.3. The van der Waals surface area contributed by atoms with Crippen molar-refractivity contribution in [2.24, 2.45) is 0 Å². The molecule has 2 rings (SSSR count). The Kier molecular flexibility index (Phi) is 3.13. The molecule has 2 aromatic rings. The van der Waals surface area contributed by atoms with E-state index in [1.807, 2.05) is 24.7 Å². The van der Waals surface area contributed by atoms with E-state index in [4.69, 9.17) is 0 Å². The number of rotatable bonds is 4. The van der Waals surface area contributed by atoms with Gasteiger partial charge in [-0.2, -0.15) is 0 Å². The van der Waals surface area contributed by atoms with E-state index < -0.39 is 0 Å². The lowest BCUT2D eigenvalue weighted by molar-refractivity contribution is 0.566. The molecule has 2 aromatic heterocycles. The fraction of sp³-hybridized carbons (Fsp3) is 0.400. The predicted octanol–water partition coefficient (Wildman–Crippen LogP) is 2.03. The molecule has 5 heteroatoms. The lowest BCUT2D eigenvalue weighted by Crippen LogP contribution is -2.18. The summed E-state index contributed by atoms with van der Waals surface area (Å²) in [6, 6.07) is 0.286. The highest BCUT2D eigenvalue weighted by atomic mass is 32.1. The predicted molar refractivity (Wildman–Crippen MR) is 60.7 cm³/mol. The van der Waals surface area contributed by atoms with Crippen LogP contribution in [0.1, 0.15) is 29.5 Å².